The number of nitrogens with zero attached hydrogens (tertiary/aromatic N) is 4. The fraction of sp³-hybridized carbons (Fsp3) is 0.474. The Morgan fingerprint density at radius 1 is 1.44 bits per heavy atom. The first-order valence-corrected chi connectivity index (χ1v) is 9.53. The van der Waals surface area contributed by atoms with Gasteiger partial charge in [-0.3, -0.25) is 4.90 Å². The maximum Gasteiger partial charge on any atom is 0.143 e. The zero-order valence-corrected chi connectivity index (χ0v) is 15.1. The van der Waals surface area contributed by atoms with Crippen LogP contribution < -0.4 is 4.90 Å². The summed E-state index contributed by atoms with van der Waals surface area (Å²) in [5.74, 6) is -0.423. The molecule has 4 nitrogen and oxygen atoms in total. The van der Waals surface area contributed by atoms with Crippen molar-refractivity contribution in [1.82, 2.24) is 9.88 Å². The van der Waals surface area contributed by atoms with Crippen molar-refractivity contribution in [3.05, 3.63) is 46.2 Å². The largest absolute Gasteiger partial charge is 0.370 e. The summed E-state index contributed by atoms with van der Waals surface area (Å²) < 4.78 is 13.9. The summed E-state index contributed by atoms with van der Waals surface area (Å²) >= 11 is 1.71. The molecule has 2 heterocycles. The number of anilines is 1. The number of piperidine rings is 1. The van der Waals surface area contributed by atoms with E-state index in [2.05, 4.69) is 21.8 Å². The van der Waals surface area contributed by atoms with E-state index >= 15 is 0 Å². The van der Waals surface area contributed by atoms with Crippen molar-refractivity contribution in [3.8, 4) is 6.07 Å². The van der Waals surface area contributed by atoms with Gasteiger partial charge >= 0.3 is 0 Å². The molecule has 1 saturated heterocycles. The Morgan fingerprint density at radius 2 is 2.24 bits per heavy atom. The Kier molecular flexibility index (Phi) is 4.22. The molecule has 25 heavy (non-hydrogen) atoms. The van der Waals surface area contributed by atoms with Crippen LogP contribution in [0.1, 0.15) is 29.8 Å². The quantitative estimate of drug-likeness (QED) is 0.839. The molecule has 4 rings (SSSR count). The SMILES string of the molecule is CN(Cc1nccs1)C1CC12CCN(c1cccc(F)c1C#N)CC2. The van der Waals surface area contributed by atoms with E-state index in [-0.39, 0.29) is 5.56 Å². The van der Waals surface area contributed by atoms with E-state index < -0.39 is 5.82 Å². The van der Waals surface area contributed by atoms with E-state index in [1.165, 1.54) is 17.5 Å². The van der Waals surface area contributed by atoms with Gasteiger partial charge in [-0.2, -0.15) is 5.26 Å². The lowest BCUT2D eigenvalue weighted by molar-refractivity contribution is 0.239. The summed E-state index contributed by atoms with van der Waals surface area (Å²) in [6, 6.07) is 7.54. The highest BCUT2D eigenvalue weighted by molar-refractivity contribution is 7.09. The molecule has 2 aromatic rings. The van der Waals surface area contributed by atoms with Gasteiger partial charge in [0.05, 0.1) is 12.2 Å². The first kappa shape index (κ1) is 16.5. The van der Waals surface area contributed by atoms with Crippen LogP contribution in [0.3, 0.4) is 0 Å². The topological polar surface area (TPSA) is 43.2 Å². The number of hydrogen-bond acceptors (Lipinski definition) is 5. The number of nitriles is 1. The van der Waals surface area contributed by atoms with Gasteiger partial charge < -0.3 is 4.90 Å². The van der Waals surface area contributed by atoms with Gasteiger partial charge in [0.25, 0.3) is 0 Å². The highest BCUT2D eigenvalue weighted by atomic mass is 32.1. The zero-order chi connectivity index (χ0) is 17.4. The highest BCUT2D eigenvalue weighted by Gasteiger charge is 2.56. The minimum Gasteiger partial charge on any atom is -0.370 e. The molecular weight excluding hydrogens is 335 g/mol. The molecule has 1 saturated carbocycles. The van der Waals surface area contributed by atoms with E-state index in [1.807, 2.05) is 23.7 Å². The molecule has 0 radical (unpaired) electrons. The maximum absolute atomic E-state index is 13.9. The predicted octanol–water partition coefficient (Wildman–Crippen LogP) is 3.64. The minimum atomic E-state index is -0.423. The molecular formula is C19H21FN4S. The number of hydrogen-bond donors (Lipinski definition) is 0. The first-order chi connectivity index (χ1) is 12.1. The van der Waals surface area contributed by atoms with Crippen molar-refractivity contribution in [2.24, 2.45) is 5.41 Å². The van der Waals surface area contributed by atoms with Crippen LogP contribution in [-0.4, -0.2) is 36.1 Å². The van der Waals surface area contributed by atoms with Gasteiger partial charge in [-0.15, -0.1) is 11.3 Å². The number of benzene rings is 1. The van der Waals surface area contributed by atoms with Gasteiger partial charge in [-0.05, 0) is 43.9 Å². The number of thiazole rings is 1. The average Bonchev–Trinajstić information content (AvgIpc) is 3.07. The van der Waals surface area contributed by atoms with Crippen LogP contribution in [0.15, 0.2) is 29.8 Å². The molecule has 1 unspecified atom stereocenters. The molecule has 1 aromatic heterocycles. The van der Waals surface area contributed by atoms with E-state index in [4.69, 9.17) is 0 Å². The minimum absolute atomic E-state index is 0.173. The highest BCUT2D eigenvalue weighted by Crippen LogP contribution is 2.56. The zero-order valence-electron chi connectivity index (χ0n) is 14.3. The van der Waals surface area contributed by atoms with Gasteiger partial charge in [0.2, 0.25) is 0 Å². The van der Waals surface area contributed by atoms with Crippen LogP contribution in [0.2, 0.25) is 0 Å². The van der Waals surface area contributed by atoms with Crippen LogP contribution in [0.5, 0.6) is 0 Å². The van der Waals surface area contributed by atoms with Gasteiger partial charge in [0.15, 0.2) is 0 Å². The lowest BCUT2D eigenvalue weighted by atomic mass is 9.91. The van der Waals surface area contributed by atoms with Gasteiger partial charge in [-0.25, -0.2) is 9.37 Å². The Labute approximate surface area is 151 Å². The van der Waals surface area contributed by atoms with Gasteiger partial charge in [0.1, 0.15) is 22.5 Å². The monoisotopic (exact) mass is 356 g/mol. The number of rotatable bonds is 4. The van der Waals surface area contributed by atoms with E-state index in [9.17, 15) is 9.65 Å². The van der Waals surface area contributed by atoms with Crippen molar-refractivity contribution in [1.29, 1.82) is 5.26 Å². The summed E-state index contributed by atoms with van der Waals surface area (Å²) in [6.07, 6.45) is 5.29. The molecule has 6 heteroatoms. The molecule has 0 amide bonds. The van der Waals surface area contributed by atoms with Gasteiger partial charge in [0, 0.05) is 30.7 Å². The normalized spacial score (nSPS) is 21.5. The molecule has 1 spiro atoms. The number of halogens is 1. The molecule has 1 aromatic carbocycles. The van der Waals surface area contributed by atoms with Crippen molar-refractivity contribution >= 4 is 17.0 Å². The second-order valence-electron chi connectivity index (χ2n) is 7.16. The second-order valence-corrected chi connectivity index (χ2v) is 8.14. The fourth-order valence-electron chi connectivity index (χ4n) is 4.22. The Balaban J connectivity index is 1.40. The van der Waals surface area contributed by atoms with Crippen molar-refractivity contribution in [2.45, 2.75) is 31.8 Å². The third-order valence-corrected chi connectivity index (χ3v) is 6.51. The molecule has 0 bridgehead atoms. The molecule has 1 aliphatic heterocycles. The summed E-state index contributed by atoms with van der Waals surface area (Å²) in [7, 11) is 2.19. The lowest BCUT2D eigenvalue weighted by Gasteiger charge is -2.36. The molecule has 0 N–H and O–H groups in total. The molecule has 1 aliphatic carbocycles. The molecule has 2 aliphatic rings. The molecule has 2 fully saturated rings. The Hall–Kier alpha value is -1.97. The second kappa shape index (κ2) is 6.40. The van der Waals surface area contributed by atoms with Crippen LogP contribution >= 0.6 is 11.3 Å². The standard InChI is InChI=1S/C19H21FN4S/c1-23(13-18-22-7-10-25-18)17-11-19(17)5-8-24(9-6-19)16-4-2-3-15(20)14(16)12-21/h2-4,7,10,17H,5-6,8-9,11,13H2,1H3. The van der Waals surface area contributed by atoms with Crippen LogP contribution in [0.4, 0.5) is 10.1 Å². The summed E-state index contributed by atoms with van der Waals surface area (Å²) in [6.45, 7) is 2.69. The van der Waals surface area contributed by atoms with Crippen LogP contribution in [-0.2, 0) is 6.54 Å². The maximum atomic E-state index is 13.9. The third kappa shape index (κ3) is 3.03. The van der Waals surface area contributed by atoms with Crippen molar-refractivity contribution < 1.29 is 4.39 Å². The lowest BCUT2D eigenvalue weighted by Crippen LogP contribution is -2.38. The van der Waals surface area contributed by atoms with Crippen LogP contribution in [0, 0.1) is 22.6 Å². The van der Waals surface area contributed by atoms with E-state index in [0.717, 1.165) is 38.2 Å². The number of aromatic nitrogens is 1. The van der Waals surface area contributed by atoms with Crippen molar-refractivity contribution in [2.75, 3.05) is 25.0 Å². The Morgan fingerprint density at radius 3 is 2.92 bits per heavy atom. The fourth-order valence-corrected chi connectivity index (χ4v) is 4.90. The third-order valence-electron chi connectivity index (χ3n) is 5.75. The summed E-state index contributed by atoms with van der Waals surface area (Å²) in [5, 5.41) is 12.4. The van der Waals surface area contributed by atoms with E-state index in [0.29, 0.717) is 11.5 Å². The van der Waals surface area contributed by atoms with E-state index in [1.54, 1.807) is 17.4 Å². The summed E-state index contributed by atoms with van der Waals surface area (Å²) in [4.78, 5) is 8.98. The first-order valence-electron chi connectivity index (χ1n) is 8.65. The van der Waals surface area contributed by atoms with Gasteiger partial charge in [-0.1, -0.05) is 6.07 Å². The average molecular weight is 356 g/mol. The molecule has 130 valence electrons. The predicted molar refractivity (Wildman–Crippen MR) is 97.0 cm³/mol. The van der Waals surface area contributed by atoms with Crippen LogP contribution in [0.25, 0.3) is 0 Å². The summed E-state index contributed by atoms with van der Waals surface area (Å²) in [5.41, 5.74) is 1.31. The molecule has 1 atom stereocenters. The van der Waals surface area contributed by atoms with Crippen molar-refractivity contribution in [3.63, 3.8) is 0 Å². The smallest absolute Gasteiger partial charge is 0.143 e. The Bertz CT molecular complexity index is 790.